The van der Waals surface area contributed by atoms with E-state index in [0.717, 1.165) is 37.5 Å². The molecule has 5 nitrogen and oxygen atoms in total. The fourth-order valence-corrected chi connectivity index (χ4v) is 4.53. The van der Waals surface area contributed by atoms with Crippen molar-refractivity contribution in [1.82, 2.24) is 0 Å². The molecule has 0 amide bonds. The van der Waals surface area contributed by atoms with Crippen LogP contribution in [0.4, 0.5) is 0 Å². The largest absolute Gasteiger partial charge is 0.548 e. The van der Waals surface area contributed by atoms with Crippen LogP contribution in [0.3, 0.4) is 0 Å². The maximum atomic E-state index is 11.8. The fourth-order valence-electron chi connectivity index (χ4n) is 4.53. The third-order valence-corrected chi connectivity index (χ3v) is 5.10. The van der Waals surface area contributed by atoms with Crippen LogP contribution in [0, 0.1) is 23.7 Å². The van der Waals surface area contributed by atoms with Crippen molar-refractivity contribution >= 4 is 11.9 Å². The van der Waals surface area contributed by atoms with Crippen LogP contribution in [-0.2, 0) is 14.3 Å². The molecule has 19 heavy (non-hydrogen) atoms. The Kier molecular flexibility index (Phi) is 3.25. The molecule has 0 aromatic carbocycles. The van der Waals surface area contributed by atoms with E-state index in [2.05, 4.69) is 0 Å². The molecule has 4 fully saturated rings. The number of aliphatic carboxylic acids is 1. The van der Waals surface area contributed by atoms with E-state index in [1.54, 1.807) is 0 Å². The van der Waals surface area contributed by atoms with E-state index >= 15 is 0 Å². The van der Waals surface area contributed by atoms with Crippen molar-refractivity contribution in [3.05, 3.63) is 0 Å². The van der Waals surface area contributed by atoms with E-state index < -0.39 is 18.0 Å². The van der Waals surface area contributed by atoms with Crippen LogP contribution in [0.25, 0.3) is 0 Å². The molecule has 0 unspecified atom stereocenters. The lowest BCUT2D eigenvalue weighted by Gasteiger charge is -2.53. The molecule has 4 rings (SSSR count). The number of esters is 1. The van der Waals surface area contributed by atoms with Gasteiger partial charge < -0.3 is 20.4 Å². The second-order valence-corrected chi connectivity index (χ2v) is 6.51. The van der Waals surface area contributed by atoms with Gasteiger partial charge >= 0.3 is 5.97 Å². The van der Waals surface area contributed by atoms with Crippen LogP contribution in [0.1, 0.15) is 38.5 Å². The average molecular weight is 266 g/mol. The minimum absolute atomic E-state index is 0.00532. The van der Waals surface area contributed by atoms with Crippen LogP contribution in [0.2, 0.25) is 0 Å². The van der Waals surface area contributed by atoms with Gasteiger partial charge in [-0.3, -0.25) is 4.79 Å². The summed E-state index contributed by atoms with van der Waals surface area (Å²) in [6.07, 6.45) is 5.72. The Morgan fingerprint density at radius 1 is 1.11 bits per heavy atom. The highest BCUT2D eigenvalue weighted by atomic mass is 16.5. The molecule has 0 radical (unpaired) electrons. The molecular formula is C14H20NO4-. The van der Waals surface area contributed by atoms with Crippen LogP contribution in [0.5, 0.6) is 0 Å². The smallest absolute Gasteiger partial charge is 0.308 e. The molecule has 106 valence electrons. The van der Waals surface area contributed by atoms with E-state index in [1.807, 2.05) is 0 Å². The van der Waals surface area contributed by atoms with Gasteiger partial charge in [0.1, 0.15) is 6.10 Å². The van der Waals surface area contributed by atoms with E-state index in [0.29, 0.717) is 11.8 Å². The average Bonchev–Trinajstić information content (AvgIpc) is 2.32. The zero-order valence-electron chi connectivity index (χ0n) is 10.9. The molecule has 1 atom stereocenters. The molecule has 0 aromatic rings. The SMILES string of the molecule is N[C@@H](CC(=O)OC1C2CC3CC(C2)CC1C3)C(=O)[O-]. The molecule has 0 heterocycles. The summed E-state index contributed by atoms with van der Waals surface area (Å²) in [5.41, 5.74) is 5.30. The standard InChI is InChI=1S/C14H21NO4/c15-11(14(17)18)6-12(16)19-13-9-2-7-1-8(4-9)5-10(13)3-7/h7-11,13H,1-6,15H2,(H,17,18)/p-1/t7?,8?,9?,10?,11-,13?/m0/s1. The van der Waals surface area contributed by atoms with Crippen LogP contribution >= 0.6 is 0 Å². The lowest BCUT2D eigenvalue weighted by molar-refractivity contribution is -0.307. The monoisotopic (exact) mass is 266 g/mol. The molecule has 2 N–H and O–H groups in total. The van der Waals surface area contributed by atoms with Crippen molar-refractivity contribution in [2.45, 2.75) is 50.7 Å². The van der Waals surface area contributed by atoms with E-state index in [-0.39, 0.29) is 12.5 Å². The van der Waals surface area contributed by atoms with Gasteiger partial charge in [-0.2, -0.15) is 0 Å². The Morgan fingerprint density at radius 2 is 1.63 bits per heavy atom. The number of rotatable bonds is 4. The first kappa shape index (κ1) is 12.9. The molecule has 0 spiro atoms. The summed E-state index contributed by atoms with van der Waals surface area (Å²) in [7, 11) is 0. The predicted molar refractivity (Wildman–Crippen MR) is 64.5 cm³/mol. The quantitative estimate of drug-likeness (QED) is 0.713. The van der Waals surface area contributed by atoms with Crippen molar-refractivity contribution in [2.75, 3.05) is 0 Å². The second kappa shape index (κ2) is 4.78. The number of hydrogen-bond donors (Lipinski definition) is 1. The van der Waals surface area contributed by atoms with Gasteiger partial charge in [0.25, 0.3) is 0 Å². The number of carboxylic acids is 1. The zero-order valence-corrected chi connectivity index (χ0v) is 10.9. The van der Waals surface area contributed by atoms with Gasteiger partial charge in [0.2, 0.25) is 0 Å². The lowest BCUT2D eigenvalue weighted by Crippen LogP contribution is -2.50. The minimum atomic E-state index is -1.40. The van der Waals surface area contributed by atoms with Crippen LogP contribution in [-0.4, -0.2) is 24.1 Å². The molecule has 0 saturated heterocycles. The van der Waals surface area contributed by atoms with E-state index in [1.165, 1.54) is 6.42 Å². The Labute approximate surface area is 112 Å². The fraction of sp³-hybridized carbons (Fsp3) is 0.857. The molecule has 0 aromatic heterocycles. The first-order valence-corrected chi connectivity index (χ1v) is 7.19. The first-order valence-electron chi connectivity index (χ1n) is 7.19. The maximum Gasteiger partial charge on any atom is 0.308 e. The topological polar surface area (TPSA) is 92.5 Å². The summed E-state index contributed by atoms with van der Waals surface area (Å²) in [4.78, 5) is 22.3. The molecule has 4 aliphatic rings. The third-order valence-electron chi connectivity index (χ3n) is 5.10. The Bertz CT molecular complexity index is 367. The van der Waals surface area contributed by atoms with Crippen molar-refractivity contribution in [1.29, 1.82) is 0 Å². The van der Waals surface area contributed by atoms with Gasteiger partial charge in [0.15, 0.2) is 0 Å². The summed E-state index contributed by atoms with van der Waals surface area (Å²) in [5.74, 6) is 0.723. The number of carbonyl (C=O) groups is 2. The van der Waals surface area contributed by atoms with Gasteiger partial charge in [0.05, 0.1) is 18.4 Å². The minimum Gasteiger partial charge on any atom is -0.548 e. The van der Waals surface area contributed by atoms with E-state index in [9.17, 15) is 14.7 Å². The number of hydrogen-bond acceptors (Lipinski definition) is 5. The zero-order chi connectivity index (χ0) is 13.6. The summed E-state index contributed by atoms with van der Waals surface area (Å²) in [6.45, 7) is 0. The van der Waals surface area contributed by atoms with Crippen molar-refractivity contribution in [3.63, 3.8) is 0 Å². The third kappa shape index (κ3) is 2.48. The molecule has 0 aliphatic heterocycles. The highest BCUT2D eigenvalue weighted by molar-refractivity contribution is 5.80. The Hall–Kier alpha value is -1.10. The molecule has 4 bridgehead atoms. The first-order chi connectivity index (χ1) is 9.02. The van der Waals surface area contributed by atoms with Crippen LogP contribution in [0.15, 0.2) is 0 Å². The Balaban J connectivity index is 1.58. The van der Waals surface area contributed by atoms with Crippen molar-refractivity contribution < 1.29 is 19.4 Å². The maximum absolute atomic E-state index is 11.8. The summed E-state index contributed by atoms with van der Waals surface area (Å²) in [5, 5.41) is 10.5. The summed E-state index contributed by atoms with van der Waals surface area (Å²) in [6, 6.07) is -1.26. The highest BCUT2D eigenvalue weighted by Gasteiger charge is 2.49. The predicted octanol–water partition coefficient (Wildman–Crippen LogP) is -0.178. The normalized spacial score (nSPS) is 41.0. The number of nitrogens with two attached hydrogens (primary N) is 1. The van der Waals surface area contributed by atoms with Gasteiger partial charge in [-0.1, -0.05) is 0 Å². The number of ether oxygens (including phenoxy) is 1. The summed E-state index contributed by atoms with van der Waals surface area (Å²) < 4.78 is 5.54. The van der Waals surface area contributed by atoms with Gasteiger partial charge in [-0.25, -0.2) is 0 Å². The lowest BCUT2D eigenvalue weighted by atomic mass is 9.55. The van der Waals surface area contributed by atoms with Gasteiger partial charge in [0, 0.05) is 0 Å². The molecule has 4 saturated carbocycles. The molecular weight excluding hydrogens is 246 g/mol. The molecule has 4 aliphatic carbocycles. The van der Waals surface area contributed by atoms with Crippen LogP contribution < -0.4 is 10.8 Å². The highest BCUT2D eigenvalue weighted by Crippen LogP contribution is 2.54. The number of carbonyl (C=O) groups excluding carboxylic acids is 2. The molecule has 5 heteroatoms. The van der Waals surface area contributed by atoms with Crippen molar-refractivity contribution in [3.8, 4) is 0 Å². The second-order valence-electron chi connectivity index (χ2n) is 6.51. The van der Waals surface area contributed by atoms with Crippen molar-refractivity contribution in [2.24, 2.45) is 29.4 Å². The summed E-state index contributed by atoms with van der Waals surface area (Å²) >= 11 is 0. The number of carboxylic acid groups (broad SMARTS) is 1. The van der Waals surface area contributed by atoms with Gasteiger partial charge in [-0.05, 0) is 55.8 Å². The Morgan fingerprint density at radius 3 is 2.11 bits per heavy atom. The van der Waals surface area contributed by atoms with Gasteiger partial charge in [-0.15, -0.1) is 0 Å². The van der Waals surface area contributed by atoms with E-state index in [4.69, 9.17) is 10.5 Å².